The van der Waals surface area contributed by atoms with Gasteiger partial charge in [-0.25, -0.2) is 10.4 Å². The minimum atomic E-state index is -1.30. The summed E-state index contributed by atoms with van der Waals surface area (Å²) in [7, 11) is 4.05. The van der Waals surface area contributed by atoms with Crippen molar-refractivity contribution in [2.24, 2.45) is 4.99 Å². The predicted molar refractivity (Wildman–Crippen MR) is 186 cm³/mol. The highest BCUT2D eigenvalue weighted by molar-refractivity contribution is 9.10. The molecular formula is C37H41BrN4O4. The third-order valence-corrected chi connectivity index (χ3v) is 8.38. The van der Waals surface area contributed by atoms with Gasteiger partial charge in [0.05, 0.1) is 6.61 Å². The van der Waals surface area contributed by atoms with Gasteiger partial charge in [-0.15, -0.1) is 0 Å². The van der Waals surface area contributed by atoms with Crippen LogP contribution in [0.3, 0.4) is 0 Å². The van der Waals surface area contributed by atoms with Crippen LogP contribution in [0.2, 0.25) is 0 Å². The van der Waals surface area contributed by atoms with Crippen molar-refractivity contribution in [3.63, 3.8) is 0 Å². The van der Waals surface area contributed by atoms with Gasteiger partial charge in [0.15, 0.2) is 11.6 Å². The molecule has 3 N–H and O–H groups in total. The number of carbonyl (C=O) groups is 1. The van der Waals surface area contributed by atoms with E-state index in [1.807, 2.05) is 93.0 Å². The van der Waals surface area contributed by atoms with E-state index in [9.17, 15) is 4.79 Å². The maximum atomic E-state index is 14.4. The molecule has 0 aliphatic carbocycles. The van der Waals surface area contributed by atoms with Gasteiger partial charge in [-0.1, -0.05) is 82.7 Å². The number of aliphatic hydroxyl groups is 1. The summed E-state index contributed by atoms with van der Waals surface area (Å²) in [4.78, 5) is 21.6. The van der Waals surface area contributed by atoms with Gasteiger partial charge in [0, 0.05) is 36.0 Å². The van der Waals surface area contributed by atoms with Gasteiger partial charge in [-0.05, 0) is 85.7 Å². The molecule has 0 saturated heterocycles. The first-order chi connectivity index (χ1) is 22.4. The monoisotopic (exact) mass is 684 g/mol. The molecule has 0 unspecified atom stereocenters. The number of hydrogen-bond acceptors (Lipinski definition) is 7. The van der Waals surface area contributed by atoms with Crippen molar-refractivity contribution < 1.29 is 19.4 Å². The van der Waals surface area contributed by atoms with Crippen molar-refractivity contribution in [1.82, 2.24) is 15.8 Å². The average Bonchev–Trinajstić information content (AvgIpc) is 3.46. The Balaban J connectivity index is 1.51. The molecule has 0 bridgehead atoms. The highest BCUT2D eigenvalue weighted by atomic mass is 79.9. The Kier molecular flexibility index (Phi) is 11.6. The Hall–Kier alpha value is -4.02. The van der Waals surface area contributed by atoms with Crippen molar-refractivity contribution in [3.05, 3.63) is 124 Å². The van der Waals surface area contributed by atoms with E-state index in [-0.39, 0.29) is 12.5 Å². The first kappa shape index (κ1) is 33.3. The fourth-order valence-corrected chi connectivity index (χ4v) is 5.68. The van der Waals surface area contributed by atoms with Crippen LogP contribution in [0.5, 0.6) is 5.75 Å². The normalized spacial score (nSPS) is 17.4. The van der Waals surface area contributed by atoms with Crippen LogP contribution in [0.25, 0.3) is 11.1 Å². The molecule has 1 heterocycles. The molecule has 8 nitrogen and oxygen atoms in total. The Labute approximate surface area is 279 Å². The lowest BCUT2D eigenvalue weighted by molar-refractivity contribution is -0.130. The zero-order valence-corrected chi connectivity index (χ0v) is 27.9. The molecule has 0 saturated carbocycles. The van der Waals surface area contributed by atoms with Gasteiger partial charge >= 0.3 is 0 Å². The van der Waals surface area contributed by atoms with Crippen molar-refractivity contribution in [1.29, 1.82) is 0 Å². The van der Waals surface area contributed by atoms with Crippen LogP contribution in [-0.2, 0) is 16.0 Å². The molecular weight excluding hydrogens is 644 g/mol. The first-order valence-electron chi connectivity index (χ1n) is 15.6. The molecule has 1 amide bonds. The zero-order chi connectivity index (χ0) is 32.4. The van der Waals surface area contributed by atoms with Gasteiger partial charge < -0.3 is 19.5 Å². The number of halogens is 1. The van der Waals surface area contributed by atoms with Crippen molar-refractivity contribution >= 4 is 27.7 Å². The predicted octanol–water partition coefficient (Wildman–Crippen LogP) is 5.95. The fourth-order valence-electron chi connectivity index (χ4n) is 5.41. The van der Waals surface area contributed by atoms with Gasteiger partial charge in [-0.2, -0.15) is 0 Å². The molecule has 4 aromatic rings. The molecule has 0 radical (unpaired) electrons. The van der Waals surface area contributed by atoms with Crippen LogP contribution in [0.15, 0.2) is 113 Å². The molecule has 1 aliphatic heterocycles. The van der Waals surface area contributed by atoms with E-state index in [0.717, 1.165) is 45.3 Å². The lowest BCUT2D eigenvalue weighted by atomic mass is 9.82. The minimum absolute atomic E-state index is 0.0729. The number of hydrogen-bond donors (Lipinski definition) is 3. The smallest absolute Gasteiger partial charge is 0.266 e. The Morgan fingerprint density at radius 1 is 0.913 bits per heavy atom. The van der Waals surface area contributed by atoms with E-state index in [1.165, 1.54) is 0 Å². The molecule has 2 atom stereocenters. The van der Waals surface area contributed by atoms with Crippen molar-refractivity contribution in [3.8, 4) is 16.9 Å². The number of hydrazine groups is 1. The van der Waals surface area contributed by atoms with Crippen LogP contribution in [-0.4, -0.2) is 67.7 Å². The fraction of sp³-hybridized carbons (Fsp3) is 0.297. The van der Waals surface area contributed by atoms with Crippen LogP contribution >= 0.6 is 15.9 Å². The zero-order valence-electron chi connectivity index (χ0n) is 26.3. The van der Waals surface area contributed by atoms with Gasteiger partial charge in [0.25, 0.3) is 5.91 Å². The standard InChI is InChI=1S/C37H41BrN4O4/c1-42(2)23-6-22-39-41-36(44)37(26-27-10-18-32(38)19-11-27)34(30-14-12-29(13-15-30)28-8-4-3-5-9-28)46-35(40-37)31-16-20-33(21-17-31)45-25-7-24-43/h3-5,8-21,34,39,43H,6-7,22-26H2,1-2H3,(H,41,44)/t34-,37-/m0/s1. The largest absolute Gasteiger partial charge is 0.494 e. The number of ether oxygens (including phenoxy) is 2. The summed E-state index contributed by atoms with van der Waals surface area (Å²) in [5.74, 6) is 0.805. The second-order valence-electron chi connectivity index (χ2n) is 11.6. The number of aliphatic imine (C=N–C) groups is 1. The van der Waals surface area contributed by atoms with E-state index in [2.05, 4.69) is 55.9 Å². The number of nitrogens with zero attached hydrogens (tertiary/aromatic N) is 2. The second-order valence-corrected chi connectivity index (χ2v) is 12.5. The molecule has 0 aromatic heterocycles. The second kappa shape index (κ2) is 16.0. The molecule has 1 aliphatic rings. The number of carbonyl (C=O) groups excluding carboxylic acids is 1. The molecule has 0 fully saturated rings. The van der Waals surface area contributed by atoms with E-state index in [0.29, 0.717) is 37.6 Å². The van der Waals surface area contributed by atoms with E-state index in [1.54, 1.807) is 0 Å². The molecule has 46 heavy (non-hydrogen) atoms. The SMILES string of the molecule is CN(C)CCCNNC(=O)[C@@]1(Cc2ccc(Br)cc2)N=C(c2ccc(OCCCO)cc2)O[C@H]1c1ccc(-c2ccccc2)cc1. The average molecular weight is 686 g/mol. The third kappa shape index (κ3) is 8.41. The third-order valence-electron chi connectivity index (χ3n) is 7.85. The van der Waals surface area contributed by atoms with E-state index >= 15 is 0 Å². The lowest BCUT2D eigenvalue weighted by Gasteiger charge is -2.31. The summed E-state index contributed by atoms with van der Waals surface area (Å²) in [6.07, 6.45) is 1.05. The summed E-state index contributed by atoms with van der Waals surface area (Å²) in [6, 6.07) is 33.8. The molecule has 4 aromatic carbocycles. The van der Waals surface area contributed by atoms with Crippen molar-refractivity contribution in [2.75, 3.05) is 40.4 Å². The van der Waals surface area contributed by atoms with Crippen LogP contribution in [0.1, 0.15) is 35.6 Å². The highest BCUT2D eigenvalue weighted by Crippen LogP contribution is 2.43. The molecule has 240 valence electrons. The van der Waals surface area contributed by atoms with E-state index in [4.69, 9.17) is 19.6 Å². The first-order valence-corrected chi connectivity index (χ1v) is 16.4. The Morgan fingerprint density at radius 3 is 2.26 bits per heavy atom. The van der Waals surface area contributed by atoms with E-state index < -0.39 is 11.6 Å². The quantitative estimate of drug-likeness (QED) is 0.106. The van der Waals surface area contributed by atoms with Crippen LogP contribution in [0, 0.1) is 0 Å². The Morgan fingerprint density at radius 2 is 1.59 bits per heavy atom. The summed E-state index contributed by atoms with van der Waals surface area (Å²) >= 11 is 3.53. The summed E-state index contributed by atoms with van der Waals surface area (Å²) in [5.41, 5.74) is 9.54. The van der Waals surface area contributed by atoms with Crippen LogP contribution < -0.4 is 15.6 Å². The highest BCUT2D eigenvalue weighted by Gasteiger charge is 2.53. The maximum absolute atomic E-state index is 14.4. The van der Waals surface area contributed by atoms with Gasteiger partial charge in [0.2, 0.25) is 5.90 Å². The molecule has 5 rings (SSSR count). The minimum Gasteiger partial charge on any atom is -0.494 e. The number of amides is 1. The summed E-state index contributed by atoms with van der Waals surface area (Å²) in [5, 5.41) is 9.09. The van der Waals surface area contributed by atoms with Gasteiger partial charge in [-0.3, -0.25) is 10.2 Å². The number of rotatable bonds is 15. The van der Waals surface area contributed by atoms with Gasteiger partial charge in [0.1, 0.15) is 5.75 Å². The molecule has 0 spiro atoms. The Bertz CT molecular complexity index is 1580. The number of nitrogens with one attached hydrogen (secondary N) is 2. The topological polar surface area (TPSA) is 95.4 Å². The van der Waals surface area contributed by atoms with Crippen LogP contribution in [0.4, 0.5) is 0 Å². The summed E-state index contributed by atoms with van der Waals surface area (Å²) in [6.45, 7) is 2.01. The van der Waals surface area contributed by atoms with Crippen molar-refractivity contribution in [2.45, 2.75) is 30.9 Å². The lowest BCUT2D eigenvalue weighted by Crippen LogP contribution is -2.54. The summed E-state index contributed by atoms with van der Waals surface area (Å²) < 4.78 is 13.4. The maximum Gasteiger partial charge on any atom is 0.266 e. The number of benzene rings is 4. The number of aliphatic hydroxyl groups excluding tert-OH is 1. The molecule has 9 heteroatoms.